The van der Waals surface area contributed by atoms with Crippen molar-refractivity contribution in [3.8, 4) is 0 Å². The van der Waals surface area contributed by atoms with Gasteiger partial charge in [0.05, 0.1) is 0 Å². The zero-order valence-corrected chi connectivity index (χ0v) is 24.9. The maximum absolute atomic E-state index is 12.3. The summed E-state index contributed by atoms with van der Waals surface area (Å²) in [4.78, 5) is 59.1. The monoisotopic (exact) mass is 592 g/mol. The van der Waals surface area contributed by atoms with Gasteiger partial charge in [-0.25, -0.2) is 4.79 Å². The zero-order valence-electron chi connectivity index (χ0n) is 24.9. The Labute approximate surface area is 247 Å². The summed E-state index contributed by atoms with van der Waals surface area (Å²) in [5, 5.41) is 5.44. The highest BCUT2D eigenvalue weighted by Crippen LogP contribution is 2.30. The van der Waals surface area contributed by atoms with Gasteiger partial charge in [0.1, 0.15) is 37.2 Å². The Morgan fingerprint density at radius 1 is 0.881 bits per heavy atom. The number of rotatable bonds is 17. The third-order valence-electron chi connectivity index (χ3n) is 6.68. The van der Waals surface area contributed by atoms with Crippen LogP contribution in [0, 0.1) is 5.92 Å². The van der Waals surface area contributed by atoms with Gasteiger partial charge < -0.3 is 34.3 Å². The van der Waals surface area contributed by atoms with Crippen LogP contribution < -0.4 is 10.6 Å². The molecule has 1 aromatic carbocycles. The largest absolute Gasteiger partial charge is 0.463 e. The normalized spacial score (nSPS) is 21.6. The summed E-state index contributed by atoms with van der Waals surface area (Å²) in [6.07, 6.45) is 0.476. The lowest BCUT2D eigenvalue weighted by atomic mass is 9.89. The first-order valence-electron chi connectivity index (χ1n) is 14.4. The molecule has 1 aromatic rings. The summed E-state index contributed by atoms with van der Waals surface area (Å²) in [7, 11) is 0. The van der Waals surface area contributed by atoms with Gasteiger partial charge in [-0.3, -0.25) is 19.2 Å². The van der Waals surface area contributed by atoms with Crippen molar-refractivity contribution >= 4 is 29.7 Å². The van der Waals surface area contributed by atoms with Crippen LogP contribution in [0.2, 0.25) is 0 Å². The minimum Gasteiger partial charge on any atom is -0.463 e. The van der Waals surface area contributed by atoms with Crippen molar-refractivity contribution in [1.29, 1.82) is 0 Å². The molecule has 1 saturated heterocycles. The molecule has 0 aromatic heterocycles. The fourth-order valence-corrected chi connectivity index (χ4v) is 4.53. The number of esters is 2. The number of amides is 2. The lowest BCUT2D eigenvalue weighted by Crippen LogP contribution is -2.63. The van der Waals surface area contributed by atoms with Crippen LogP contribution in [0.3, 0.4) is 0 Å². The van der Waals surface area contributed by atoms with Crippen molar-refractivity contribution in [2.45, 2.75) is 97.4 Å². The number of ketones is 1. The minimum atomic E-state index is -0.947. The van der Waals surface area contributed by atoms with Crippen LogP contribution in [-0.2, 0) is 49.5 Å². The Balaban J connectivity index is 1.69. The molecule has 0 radical (unpaired) electrons. The summed E-state index contributed by atoms with van der Waals surface area (Å²) in [5.41, 5.74) is 0.909. The number of carbonyl (C=O) groups is 5. The Bertz CT molecular complexity index is 1020. The maximum Gasteiger partial charge on any atom is 0.407 e. The molecular formula is C30H44N2O10. The van der Waals surface area contributed by atoms with Crippen LogP contribution >= 0.6 is 0 Å². The first-order chi connectivity index (χ1) is 20.1. The molecule has 1 aliphatic heterocycles. The van der Waals surface area contributed by atoms with Crippen LogP contribution in [0.5, 0.6) is 0 Å². The molecule has 2 rings (SSSR count). The molecule has 42 heavy (non-hydrogen) atoms. The number of ether oxygens (including phenoxy) is 5. The summed E-state index contributed by atoms with van der Waals surface area (Å²) in [6, 6.07) is 8.64. The van der Waals surface area contributed by atoms with E-state index < -0.39 is 48.5 Å². The molecule has 12 heteroatoms. The molecule has 0 unspecified atom stereocenters. The second-order valence-corrected chi connectivity index (χ2v) is 10.3. The van der Waals surface area contributed by atoms with Gasteiger partial charge in [-0.15, -0.1) is 0 Å². The van der Waals surface area contributed by atoms with E-state index in [9.17, 15) is 24.0 Å². The third-order valence-corrected chi connectivity index (χ3v) is 6.68. The van der Waals surface area contributed by atoms with E-state index >= 15 is 0 Å². The molecular weight excluding hydrogens is 548 g/mol. The van der Waals surface area contributed by atoms with Crippen molar-refractivity contribution in [1.82, 2.24) is 10.6 Å². The van der Waals surface area contributed by atoms with Gasteiger partial charge in [-0.1, -0.05) is 37.3 Å². The van der Waals surface area contributed by atoms with Crippen LogP contribution in [0.15, 0.2) is 30.3 Å². The molecule has 5 atom stereocenters. The van der Waals surface area contributed by atoms with Gasteiger partial charge in [0.25, 0.3) is 0 Å². The Morgan fingerprint density at radius 2 is 1.57 bits per heavy atom. The molecule has 1 fully saturated rings. The Morgan fingerprint density at radius 3 is 2.21 bits per heavy atom. The van der Waals surface area contributed by atoms with E-state index in [-0.39, 0.29) is 31.5 Å². The molecule has 12 nitrogen and oxygen atoms in total. The number of benzene rings is 1. The van der Waals surface area contributed by atoms with E-state index in [2.05, 4.69) is 10.6 Å². The summed E-state index contributed by atoms with van der Waals surface area (Å²) in [5.74, 6) is -1.61. The zero-order chi connectivity index (χ0) is 30.9. The van der Waals surface area contributed by atoms with Gasteiger partial charge in [0.15, 0.2) is 6.29 Å². The third kappa shape index (κ3) is 13.4. The van der Waals surface area contributed by atoms with Gasteiger partial charge >= 0.3 is 18.0 Å². The van der Waals surface area contributed by atoms with Crippen LogP contribution in [0.25, 0.3) is 0 Å². The molecule has 0 saturated carbocycles. The molecule has 234 valence electrons. The predicted octanol–water partition coefficient (Wildman–Crippen LogP) is 3.20. The van der Waals surface area contributed by atoms with Gasteiger partial charge in [0.2, 0.25) is 5.91 Å². The average molecular weight is 593 g/mol. The van der Waals surface area contributed by atoms with E-state index in [0.29, 0.717) is 45.1 Å². The average Bonchev–Trinajstić information content (AvgIpc) is 2.93. The highest BCUT2D eigenvalue weighted by molar-refractivity contribution is 5.78. The fourth-order valence-electron chi connectivity index (χ4n) is 4.53. The molecule has 0 aliphatic carbocycles. The number of nitrogens with one attached hydrogen (secondary N) is 2. The Kier molecular flexibility index (Phi) is 15.6. The number of carbonyl (C=O) groups excluding carboxylic acids is 5. The standard InChI is InChI=1S/C30H44N2O10/c1-20-26(19-39-22(3)34)42-29(27(32-21(2)33)28(20)41-23(4)35)38-17-11-9-15-25(36)14-8-10-16-31-30(37)40-18-24-12-6-5-7-13-24/h5-7,12-13,20,26-29H,8-11,14-19H2,1-4H3,(H,31,37)(H,32,33)/t20-,26+,27+,28-,29+/m0/s1. The van der Waals surface area contributed by atoms with Crippen molar-refractivity contribution in [3.63, 3.8) is 0 Å². The van der Waals surface area contributed by atoms with Crippen molar-refractivity contribution in [2.75, 3.05) is 19.8 Å². The van der Waals surface area contributed by atoms with Crippen LogP contribution in [-0.4, -0.2) is 74.0 Å². The second-order valence-electron chi connectivity index (χ2n) is 10.3. The van der Waals surface area contributed by atoms with E-state index in [4.69, 9.17) is 23.7 Å². The van der Waals surface area contributed by atoms with Gasteiger partial charge in [-0.2, -0.15) is 0 Å². The van der Waals surface area contributed by atoms with Gasteiger partial charge in [-0.05, 0) is 31.2 Å². The SMILES string of the molecule is CC(=O)N[C@H]1[C@H](OCCCCC(=O)CCCCNC(=O)OCc2ccccc2)O[C@H](COC(C)=O)[C@H](C)[C@@H]1OC(C)=O. The van der Waals surface area contributed by atoms with Crippen molar-refractivity contribution in [2.24, 2.45) is 5.92 Å². The molecule has 0 bridgehead atoms. The molecule has 1 aliphatic rings. The first kappa shape index (κ1) is 34.7. The first-order valence-corrected chi connectivity index (χ1v) is 14.4. The quantitative estimate of drug-likeness (QED) is 0.156. The number of hydrogen-bond donors (Lipinski definition) is 2. The smallest absolute Gasteiger partial charge is 0.407 e. The second kappa shape index (κ2) is 18.8. The molecule has 1 heterocycles. The number of alkyl carbamates (subject to hydrolysis) is 1. The molecule has 2 N–H and O–H groups in total. The minimum absolute atomic E-state index is 0.0557. The topological polar surface area (TPSA) is 156 Å². The summed E-state index contributed by atoms with van der Waals surface area (Å²) >= 11 is 0. The summed E-state index contributed by atoms with van der Waals surface area (Å²) < 4.78 is 27.7. The molecule has 2 amide bonds. The number of Topliss-reactive ketones (excluding diaryl/α,β-unsaturated/α-hetero) is 1. The highest BCUT2D eigenvalue weighted by Gasteiger charge is 2.47. The lowest BCUT2D eigenvalue weighted by Gasteiger charge is -2.44. The maximum atomic E-state index is 12.3. The van der Waals surface area contributed by atoms with Crippen LogP contribution in [0.4, 0.5) is 4.79 Å². The van der Waals surface area contributed by atoms with E-state index in [1.54, 1.807) is 6.92 Å². The Hall–Kier alpha value is -3.51. The van der Waals surface area contributed by atoms with E-state index in [1.807, 2.05) is 30.3 Å². The fraction of sp³-hybridized carbons (Fsp3) is 0.633. The van der Waals surface area contributed by atoms with Gasteiger partial charge in [0, 0.05) is 52.7 Å². The highest BCUT2D eigenvalue weighted by atomic mass is 16.7. The molecule has 0 spiro atoms. The number of unbranched alkanes of at least 4 members (excludes halogenated alkanes) is 2. The summed E-state index contributed by atoms with van der Waals surface area (Å²) in [6.45, 7) is 6.51. The van der Waals surface area contributed by atoms with E-state index in [0.717, 1.165) is 5.56 Å². The van der Waals surface area contributed by atoms with Crippen molar-refractivity contribution < 1.29 is 47.7 Å². The number of hydrogen-bond acceptors (Lipinski definition) is 10. The predicted molar refractivity (Wildman–Crippen MR) is 151 cm³/mol. The van der Waals surface area contributed by atoms with E-state index in [1.165, 1.54) is 20.8 Å². The lowest BCUT2D eigenvalue weighted by molar-refractivity contribution is -0.260. The van der Waals surface area contributed by atoms with Crippen LogP contribution in [0.1, 0.15) is 71.8 Å². The van der Waals surface area contributed by atoms with Crippen molar-refractivity contribution in [3.05, 3.63) is 35.9 Å².